The van der Waals surface area contributed by atoms with Crippen molar-refractivity contribution in [1.82, 2.24) is 20.0 Å². The molecule has 2 heterocycles. The largest absolute Gasteiger partial charge is 0.465 e. The van der Waals surface area contributed by atoms with E-state index < -0.39 is 11.6 Å². The summed E-state index contributed by atoms with van der Waals surface area (Å²) in [5, 5.41) is 18.3. The molecule has 0 aliphatic carbocycles. The molecule has 0 spiro atoms. The number of nitrogens with zero attached hydrogens (tertiary/aromatic N) is 4. The first-order valence-corrected chi connectivity index (χ1v) is 7.14. The van der Waals surface area contributed by atoms with Gasteiger partial charge in [0.2, 0.25) is 0 Å². The maximum atomic E-state index is 11.4. The van der Waals surface area contributed by atoms with E-state index >= 15 is 0 Å². The number of hydrogen-bond donors (Lipinski definition) is 1. The minimum absolute atomic E-state index is 0.0527. The van der Waals surface area contributed by atoms with E-state index in [0.29, 0.717) is 22.6 Å². The summed E-state index contributed by atoms with van der Waals surface area (Å²) in [5.74, 6) is -0.408. The number of carbonyl (C=O) groups is 1. The van der Waals surface area contributed by atoms with E-state index in [9.17, 15) is 9.90 Å². The molecule has 2 rings (SSSR count). The topological polar surface area (TPSA) is 90.1 Å². The zero-order valence-electron chi connectivity index (χ0n) is 11.7. The highest BCUT2D eigenvalue weighted by Crippen LogP contribution is 2.26. The molecule has 0 bridgehead atoms. The Morgan fingerprint density at radius 1 is 1.48 bits per heavy atom. The molecule has 1 unspecified atom stereocenters. The van der Waals surface area contributed by atoms with Gasteiger partial charge in [-0.15, -0.1) is 5.10 Å². The third-order valence-corrected chi connectivity index (χ3v) is 3.29. The molecule has 2 aromatic rings. The van der Waals surface area contributed by atoms with Gasteiger partial charge in [0, 0.05) is 0 Å². The van der Waals surface area contributed by atoms with Crippen molar-refractivity contribution in [1.29, 1.82) is 0 Å². The second-order valence-electron chi connectivity index (χ2n) is 4.52. The Labute approximate surface area is 130 Å². The van der Waals surface area contributed by atoms with Gasteiger partial charge in [0.15, 0.2) is 0 Å². The van der Waals surface area contributed by atoms with E-state index in [1.807, 2.05) is 0 Å². The van der Waals surface area contributed by atoms with E-state index in [0.717, 1.165) is 0 Å². The molecular weight excluding hydrogens is 340 g/mol. The summed E-state index contributed by atoms with van der Waals surface area (Å²) in [7, 11) is 0. The van der Waals surface area contributed by atoms with Crippen molar-refractivity contribution < 1.29 is 14.6 Å². The van der Waals surface area contributed by atoms with Crippen LogP contribution in [-0.4, -0.2) is 37.7 Å². The van der Waals surface area contributed by atoms with Gasteiger partial charge in [0.05, 0.1) is 18.5 Å². The Kier molecular flexibility index (Phi) is 4.69. The Hall–Kier alpha value is -1.80. The summed E-state index contributed by atoms with van der Waals surface area (Å²) in [5.41, 5.74) is -0.672. The average Bonchev–Trinajstić information content (AvgIpc) is 2.88. The monoisotopic (exact) mass is 354 g/mol. The molecule has 1 atom stereocenters. The molecule has 0 aliphatic heterocycles. The Balaban J connectivity index is 2.21. The number of halogens is 1. The molecule has 0 aromatic carbocycles. The van der Waals surface area contributed by atoms with Crippen LogP contribution in [0.5, 0.6) is 0 Å². The van der Waals surface area contributed by atoms with Crippen LogP contribution in [0.25, 0.3) is 0 Å². The molecule has 8 heteroatoms. The molecule has 7 nitrogen and oxygen atoms in total. The summed E-state index contributed by atoms with van der Waals surface area (Å²) < 4.78 is 6.76. The van der Waals surface area contributed by atoms with Gasteiger partial charge in [0.25, 0.3) is 0 Å². The van der Waals surface area contributed by atoms with Gasteiger partial charge in [-0.1, -0.05) is 11.3 Å². The summed E-state index contributed by atoms with van der Waals surface area (Å²) >= 11 is 3.26. The average molecular weight is 355 g/mol. The predicted molar refractivity (Wildman–Crippen MR) is 77.3 cm³/mol. The van der Waals surface area contributed by atoms with Crippen LogP contribution < -0.4 is 0 Å². The zero-order valence-corrected chi connectivity index (χ0v) is 13.2. The number of rotatable bonds is 5. The highest BCUT2D eigenvalue weighted by atomic mass is 79.9. The van der Waals surface area contributed by atoms with Crippen LogP contribution in [0.1, 0.15) is 25.2 Å². The molecular formula is C13H15BrN4O3. The van der Waals surface area contributed by atoms with E-state index in [1.54, 1.807) is 32.0 Å². The van der Waals surface area contributed by atoms with Crippen molar-refractivity contribution in [3.63, 3.8) is 0 Å². The number of aliphatic hydroxyl groups is 1. The van der Waals surface area contributed by atoms with Gasteiger partial charge < -0.3 is 9.84 Å². The second-order valence-corrected chi connectivity index (χ2v) is 5.34. The maximum absolute atomic E-state index is 11.4. The molecule has 0 saturated heterocycles. The lowest BCUT2D eigenvalue weighted by Gasteiger charge is -2.19. The summed E-state index contributed by atoms with van der Waals surface area (Å²) in [6.07, 6.45) is 1.50. The first-order chi connectivity index (χ1) is 9.93. The summed E-state index contributed by atoms with van der Waals surface area (Å²) in [4.78, 5) is 15.6. The van der Waals surface area contributed by atoms with Crippen molar-refractivity contribution in [3.05, 3.63) is 40.4 Å². The Bertz CT molecular complexity index is 642. The normalized spacial score (nSPS) is 13.7. The van der Waals surface area contributed by atoms with Gasteiger partial charge in [-0.2, -0.15) is 0 Å². The third kappa shape index (κ3) is 3.64. The first-order valence-electron chi connectivity index (χ1n) is 6.35. The number of aromatic nitrogens is 4. The van der Waals surface area contributed by atoms with Crippen LogP contribution in [0.3, 0.4) is 0 Å². The standard InChI is InChI=1S/C13H15BrN4O3/c1-3-21-12(19)8-18-7-10(16-17-18)13(2,20)9-5-4-6-11(14)15-9/h4-7,20H,3,8H2,1-2H3. The lowest BCUT2D eigenvalue weighted by molar-refractivity contribution is -0.144. The van der Waals surface area contributed by atoms with Gasteiger partial charge >= 0.3 is 5.97 Å². The van der Waals surface area contributed by atoms with Gasteiger partial charge in [-0.05, 0) is 41.9 Å². The molecule has 21 heavy (non-hydrogen) atoms. The molecule has 0 saturated carbocycles. The van der Waals surface area contributed by atoms with E-state index in [-0.39, 0.29) is 6.54 Å². The van der Waals surface area contributed by atoms with Crippen molar-refractivity contribution in [3.8, 4) is 0 Å². The molecule has 0 radical (unpaired) electrons. The van der Waals surface area contributed by atoms with Gasteiger partial charge in [-0.3, -0.25) is 4.79 Å². The van der Waals surface area contributed by atoms with E-state index in [4.69, 9.17) is 4.74 Å². The highest BCUT2D eigenvalue weighted by molar-refractivity contribution is 9.10. The lowest BCUT2D eigenvalue weighted by Crippen LogP contribution is -2.25. The van der Waals surface area contributed by atoms with E-state index in [1.165, 1.54) is 10.9 Å². The summed E-state index contributed by atoms with van der Waals surface area (Å²) in [6.45, 7) is 3.55. The number of carbonyl (C=O) groups excluding carboxylic acids is 1. The van der Waals surface area contributed by atoms with Crippen molar-refractivity contribution in [2.24, 2.45) is 0 Å². The maximum Gasteiger partial charge on any atom is 0.327 e. The fraction of sp³-hybridized carbons (Fsp3) is 0.385. The smallest absolute Gasteiger partial charge is 0.327 e. The molecule has 112 valence electrons. The van der Waals surface area contributed by atoms with Crippen LogP contribution in [0.4, 0.5) is 0 Å². The number of pyridine rings is 1. The predicted octanol–water partition coefficient (Wildman–Crippen LogP) is 1.25. The first kappa shape index (κ1) is 15.6. The molecule has 2 aromatic heterocycles. The van der Waals surface area contributed by atoms with Crippen LogP contribution in [0, 0.1) is 0 Å². The van der Waals surface area contributed by atoms with E-state index in [2.05, 4.69) is 31.2 Å². The molecule has 0 fully saturated rings. The molecule has 0 aliphatic rings. The van der Waals surface area contributed by atoms with Gasteiger partial charge in [0.1, 0.15) is 22.4 Å². The molecule has 1 N–H and O–H groups in total. The van der Waals surface area contributed by atoms with Crippen molar-refractivity contribution in [2.45, 2.75) is 26.0 Å². The fourth-order valence-electron chi connectivity index (χ4n) is 1.75. The highest BCUT2D eigenvalue weighted by Gasteiger charge is 2.31. The van der Waals surface area contributed by atoms with Crippen LogP contribution in [0.2, 0.25) is 0 Å². The Morgan fingerprint density at radius 2 is 2.24 bits per heavy atom. The quantitative estimate of drug-likeness (QED) is 0.641. The SMILES string of the molecule is CCOC(=O)Cn1cc(C(C)(O)c2cccc(Br)n2)nn1. The third-order valence-electron chi connectivity index (χ3n) is 2.85. The van der Waals surface area contributed by atoms with Crippen LogP contribution >= 0.6 is 15.9 Å². The van der Waals surface area contributed by atoms with Crippen LogP contribution in [-0.2, 0) is 21.7 Å². The fourth-order valence-corrected chi connectivity index (χ4v) is 2.09. The lowest BCUT2D eigenvalue weighted by atomic mass is 9.98. The second kappa shape index (κ2) is 6.31. The summed E-state index contributed by atoms with van der Waals surface area (Å²) in [6, 6.07) is 5.22. The number of hydrogen-bond acceptors (Lipinski definition) is 6. The van der Waals surface area contributed by atoms with Crippen molar-refractivity contribution >= 4 is 21.9 Å². The zero-order chi connectivity index (χ0) is 15.5. The number of ether oxygens (including phenoxy) is 1. The Morgan fingerprint density at radius 3 is 2.90 bits per heavy atom. The van der Waals surface area contributed by atoms with Gasteiger partial charge in [-0.25, -0.2) is 9.67 Å². The van der Waals surface area contributed by atoms with Crippen molar-refractivity contribution in [2.75, 3.05) is 6.61 Å². The molecule has 0 amide bonds. The minimum atomic E-state index is -1.41. The minimum Gasteiger partial charge on any atom is -0.465 e. The number of esters is 1. The van der Waals surface area contributed by atoms with Crippen LogP contribution in [0.15, 0.2) is 29.0 Å².